The first-order valence-electron chi connectivity index (χ1n) is 8.14. The maximum Gasteiger partial charge on any atom is 0.138 e. The zero-order valence-corrected chi connectivity index (χ0v) is 15.8. The molecule has 122 valence electrons. The number of nitrogens with one attached hydrogen (secondary N) is 1. The molecule has 0 aliphatic carbocycles. The Morgan fingerprint density at radius 3 is 1.87 bits per heavy atom. The zero-order chi connectivity index (χ0) is 17.1. The van der Waals surface area contributed by atoms with Gasteiger partial charge >= 0.3 is 0 Å². The number of carbonyl (C=O) groups is 1. The fourth-order valence-corrected chi connectivity index (χ4v) is 4.08. The van der Waals surface area contributed by atoms with E-state index in [0.29, 0.717) is 5.41 Å². The van der Waals surface area contributed by atoms with Crippen molar-refractivity contribution < 1.29 is 4.79 Å². The molecule has 0 spiro atoms. The molecule has 2 nitrogen and oxygen atoms in total. The van der Waals surface area contributed by atoms with E-state index in [-0.39, 0.29) is 11.1 Å². The maximum absolute atomic E-state index is 13.4. The molecular weight excluding hydrogens is 298 g/mol. The van der Waals surface area contributed by atoms with Gasteiger partial charge in [0.25, 0.3) is 0 Å². The molecule has 1 unspecified atom stereocenters. The number of para-hydroxylation sites is 1. The molecule has 1 N–H and O–H groups in total. The monoisotopic (exact) mass is 325 g/mol. The van der Waals surface area contributed by atoms with Crippen LogP contribution in [0.3, 0.4) is 0 Å². The standard InChI is InChI=1S/C20H27NOSi/c1-20(2,3)23(4,5)19(22)18(16-12-8-6-9-13-16)21-17-14-10-7-11-15-17/h6-15,18,21H,1-5H3. The van der Waals surface area contributed by atoms with Gasteiger partial charge in [-0.15, -0.1) is 0 Å². The number of benzene rings is 2. The topological polar surface area (TPSA) is 29.1 Å². The third kappa shape index (κ3) is 3.91. The summed E-state index contributed by atoms with van der Waals surface area (Å²) in [5.74, 6) is 0. The summed E-state index contributed by atoms with van der Waals surface area (Å²) >= 11 is 0. The summed E-state index contributed by atoms with van der Waals surface area (Å²) in [6, 6.07) is 19.7. The molecule has 2 aromatic carbocycles. The van der Waals surface area contributed by atoms with E-state index in [4.69, 9.17) is 0 Å². The highest BCUT2D eigenvalue weighted by molar-refractivity contribution is 7.06. The van der Waals surface area contributed by atoms with E-state index in [1.165, 1.54) is 0 Å². The molecule has 0 radical (unpaired) electrons. The van der Waals surface area contributed by atoms with Crippen LogP contribution in [-0.4, -0.2) is 13.5 Å². The molecule has 0 amide bonds. The first-order valence-corrected chi connectivity index (χ1v) is 11.1. The Morgan fingerprint density at radius 1 is 0.913 bits per heavy atom. The summed E-state index contributed by atoms with van der Waals surface area (Å²) in [6.07, 6.45) is 0. The van der Waals surface area contributed by atoms with Crippen molar-refractivity contribution in [3.05, 3.63) is 66.2 Å². The Kier molecular flexibility index (Phi) is 5.10. The van der Waals surface area contributed by atoms with Crippen LogP contribution < -0.4 is 5.32 Å². The maximum atomic E-state index is 13.4. The van der Waals surface area contributed by atoms with Gasteiger partial charge in [0.2, 0.25) is 0 Å². The Bertz CT molecular complexity index is 644. The molecule has 0 saturated carbocycles. The van der Waals surface area contributed by atoms with Gasteiger partial charge < -0.3 is 10.1 Å². The van der Waals surface area contributed by atoms with Gasteiger partial charge in [-0.1, -0.05) is 82.4 Å². The second-order valence-electron chi connectivity index (χ2n) is 7.59. The van der Waals surface area contributed by atoms with Crippen molar-refractivity contribution in [3.8, 4) is 0 Å². The summed E-state index contributed by atoms with van der Waals surface area (Å²) in [5, 5.41) is 3.83. The molecular formula is C20H27NOSi. The fourth-order valence-electron chi connectivity index (χ4n) is 2.38. The summed E-state index contributed by atoms with van der Waals surface area (Å²) < 4.78 is 0. The molecule has 0 saturated heterocycles. The molecule has 0 aliphatic rings. The van der Waals surface area contributed by atoms with Crippen molar-refractivity contribution in [2.45, 2.75) is 44.9 Å². The molecule has 0 fully saturated rings. The SMILES string of the molecule is CC(C)(C)[Si](C)(C)C(=O)C(Nc1ccccc1)c1ccccc1. The fraction of sp³-hybridized carbons (Fsp3) is 0.350. The predicted molar refractivity (Wildman–Crippen MR) is 101 cm³/mol. The van der Waals surface area contributed by atoms with Crippen LogP contribution in [0.4, 0.5) is 5.69 Å². The van der Waals surface area contributed by atoms with Crippen LogP contribution in [0, 0.1) is 0 Å². The van der Waals surface area contributed by atoms with Gasteiger partial charge in [-0.2, -0.15) is 0 Å². The number of anilines is 1. The van der Waals surface area contributed by atoms with Crippen LogP contribution in [0.2, 0.25) is 18.1 Å². The van der Waals surface area contributed by atoms with Gasteiger partial charge in [0.05, 0.1) is 0 Å². The van der Waals surface area contributed by atoms with Crippen LogP contribution >= 0.6 is 0 Å². The van der Waals surface area contributed by atoms with Crippen molar-refractivity contribution >= 4 is 19.2 Å². The number of rotatable bonds is 5. The van der Waals surface area contributed by atoms with Crippen LogP contribution in [0.15, 0.2) is 60.7 Å². The summed E-state index contributed by atoms with van der Waals surface area (Å²) in [4.78, 5) is 13.4. The average Bonchev–Trinajstić information content (AvgIpc) is 2.52. The van der Waals surface area contributed by atoms with Gasteiger partial charge in [-0.05, 0) is 22.7 Å². The molecule has 23 heavy (non-hydrogen) atoms. The Hall–Kier alpha value is -1.87. The highest BCUT2D eigenvalue weighted by atomic mass is 28.3. The third-order valence-electron chi connectivity index (χ3n) is 4.97. The first-order chi connectivity index (χ1) is 10.7. The lowest BCUT2D eigenvalue weighted by Crippen LogP contribution is -2.50. The van der Waals surface area contributed by atoms with Crippen LogP contribution in [-0.2, 0) is 4.79 Å². The largest absolute Gasteiger partial charge is 0.372 e. The second-order valence-corrected chi connectivity index (χ2v) is 12.8. The molecule has 2 rings (SSSR count). The van der Waals surface area contributed by atoms with Crippen LogP contribution in [0.1, 0.15) is 32.4 Å². The average molecular weight is 326 g/mol. The normalized spacial score (nSPS) is 13.4. The van der Waals surface area contributed by atoms with Gasteiger partial charge in [0, 0.05) is 5.69 Å². The lowest BCUT2D eigenvalue weighted by molar-refractivity contribution is -0.113. The van der Waals surface area contributed by atoms with Crippen molar-refractivity contribution in [1.29, 1.82) is 0 Å². The van der Waals surface area contributed by atoms with Crippen LogP contribution in [0.25, 0.3) is 0 Å². The van der Waals surface area contributed by atoms with E-state index < -0.39 is 8.07 Å². The van der Waals surface area contributed by atoms with E-state index in [1.54, 1.807) is 0 Å². The van der Waals surface area contributed by atoms with E-state index in [2.05, 4.69) is 39.2 Å². The smallest absolute Gasteiger partial charge is 0.138 e. The minimum atomic E-state index is -2.11. The Labute approximate surface area is 141 Å². The molecule has 2 aromatic rings. The molecule has 0 aromatic heterocycles. The third-order valence-corrected chi connectivity index (χ3v) is 10.2. The van der Waals surface area contributed by atoms with E-state index in [9.17, 15) is 4.79 Å². The molecule has 1 atom stereocenters. The minimum absolute atomic E-state index is 0.0233. The Morgan fingerprint density at radius 2 is 1.39 bits per heavy atom. The molecule has 3 heteroatoms. The zero-order valence-electron chi connectivity index (χ0n) is 14.8. The van der Waals surface area contributed by atoms with Crippen LogP contribution in [0.5, 0.6) is 0 Å². The van der Waals surface area contributed by atoms with Gasteiger partial charge in [0.1, 0.15) is 19.5 Å². The minimum Gasteiger partial charge on any atom is -0.372 e. The number of hydrogen-bond donors (Lipinski definition) is 1. The summed E-state index contributed by atoms with van der Waals surface area (Å²) in [5.41, 5.74) is 2.01. The van der Waals surface area contributed by atoms with Gasteiger partial charge in [-0.25, -0.2) is 0 Å². The van der Waals surface area contributed by atoms with Gasteiger partial charge in [0.15, 0.2) is 0 Å². The highest BCUT2D eigenvalue weighted by Crippen LogP contribution is 2.39. The van der Waals surface area contributed by atoms with Crippen molar-refractivity contribution in [3.63, 3.8) is 0 Å². The van der Waals surface area contributed by atoms with Crippen molar-refractivity contribution in [2.24, 2.45) is 0 Å². The van der Waals surface area contributed by atoms with E-state index >= 15 is 0 Å². The van der Waals surface area contributed by atoms with E-state index in [1.807, 2.05) is 60.7 Å². The number of carbonyl (C=O) groups excluding carboxylic acids is 1. The number of hydrogen-bond acceptors (Lipinski definition) is 2. The molecule has 0 aliphatic heterocycles. The quantitative estimate of drug-likeness (QED) is 0.740. The Balaban J connectivity index is 2.40. The predicted octanol–water partition coefficient (Wildman–Crippen LogP) is 5.46. The first kappa shape index (κ1) is 17.5. The summed E-state index contributed by atoms with van der Waals surface area (Å²) in [6.45, 7) is 10.9. The summed E-state index contributed by atoms with van der Waals surface area (Å²) in [7, 11) is -2.11. The second kappa shape index (κ2) is 6.71. The van der Waals surface area contributed by atoms with E-state index in [0.717, 1.165) is 11.3 Å². The molecule has 0 heterocycles. The van der Waals surface area contributed by atoms with Crippen molar-refractivity contribution in [1.82, 2.24) is 0 Å². The van der Waals surface area contributed by atoms with Crippen molar-refractivity contribution in [2.75, 3.05) is 5.32 Å². The van der Waals surface area contributed by atoms with Gasteiger partial charge in [-0.3, -0.25) is 0 Å². The lowest BCUT2D eigenvalue weighted by atomic mass is 10.1. The molecule has 0 bridgehead atoms. The highest BCUT2D eigenvalue weighted by Gasteiger charge is 2.45. The lowest BCUT2D eigenvalue weighted by Gasteiger charge is -2.38.